The first kappa shape index (κ1) is 23.0. The van der Waals surface area contributed by atoms with Crippen molar-refractivity contribution in [2.45, 2.75) is 20.0 Å². The van der Waals surface area contributed by atoms with Gasteiger partial charge >= 0.3 is 0 Å². The number of ether oxygens (including phenoxy) is 2. The minimum Gasteiger partial charge on any atom is -0.493 e. The molecule has 1 aliphatic heterocycles. The molecule has 2 aromatic rings. The first-order valence-corrected chi connectivity index (χ1v) is 10.8. The van der Waals surface area contributed by atoms with Crippen molar-refractivity contribution in [2.75, 3.05) is 54.0 Å². The van der Waals surface area contributed by atoms with Crippen LogP contribution in [-0.2, 0) is 17.9 Å². The van der Waals surface area contributed by atoms with E-state index >= 15 is 0 Å². The monoisotopic (exact) mass is 431 g/mol. The molecular formula is C24H34FN3O3+2. The molecule has 1 fully saturated rings. The van der Waals surface area contributed by atoms with Gasteiger partial charge in [-0.3, -0.25) is 4.79 Å². The number of carbonyl (C=O) groups excluding carboxylic acids is 1. The maximum atomic E-state index is 13.9. The van der Waals surface area contributed by atoms with Crippen LogP contribution >= 0.6 is 0 Å². The Bertz CT molecular complexity index is 898. The highest BCUT2D eigenvalue weighted by atomic mass is 19.1. The first-order chi connectivity index (χ1) is 14.9. The van der Waals surface area contributed by atoms with Gasteiger partial charge in [0.15, 0.2) is 18.0 Å². The van der Waals surface area contributed by atoms with Gasteiger partial charge in [-0.25, -0.2) is 4.39 Å². The van der Waals surface area contributed by atoms with E-state index in [2.05, 4.69) is 13.0 Å². The Morgan fingerprint density at radius 2 is 1.61 bits per heavy atom. The van der Waals surface area contributed by atoms with Gasteiger partial charge in [-0.2, -0.15) is 0 Å². The molecule has 31 heavy (non-hydrogen) atoms. The molecule has 1 heterocycles. The fourth-order valence-corrected chi connectivity index (χ4v) is 4.11. The van der Waals surface area contributed by atoms with E-state index in [1.54, 1.807) is 44.4 Å². The number of likely N-dealkylation sites (N-methyl/N-ethyl adjacent to an activating group) is 1. The van der Waals surface area contributed by atoms with E-state index in [-0.39, 0.29) is 11.7 Å². The zero-order valence-corrected chi connectivity index (χ0v) is 19.0. The number of amides is 1. The van der Waals surface area contributed by atoms with Crippen LogP contribution in [0.4, 0.5) is 4.39 Å². The molecule has 0 spiro atoms. The lowest BCUT2D eigenvalue weighted by atomic mass is 10.1. The molecule has 3 rings (SSSR count). The number of nitrogens with one attached hydrogen (secondary N) is 2. The smallest absolute Gasteiger partial charge is 0.277 e. The number of hydrogen-bond donors (Lipinski definition) is 2. The molecule has 168 valence electrons. The zero-order valence-electron chi connectivity index (χ0n) is 19.0. The summed E-state index contributed by atoms with van der Waals surface area (Å²) in [4.78, 5) is 17.0. The van der Waals surface area contributed by atoms with Gasteiger partial charge in [-0.15, -0.1) is 0 Å². The van der Waals surface area contributed by atoms with E-state index in [9.17, 15) is 9.18 Å². The summed E-state index contributed by atoms with van der Waals surface area (Å²) in [7, 11) is 5.06. The zero-order chi connectivity index (χ0) is 22.4. The molecule has 2 aromatic carbocycles. The summed E-state index contributed by atoms with van der Waals surface area (Å²) in [6.45, 7) is 7.69. The standard InChI is InChI=1S/C24H32FN3O3/c1-18-13-22(30-3)23(31-4)14-20(18)16-27-9-11-28(12-10-27)17-24(29)26(2)15-19-7-5-6-8-21(19)25/h5-8,13-14H,9-12,15-17H2,1-4H3/p+2. The second-order valence-electron chi connectivity index (χ2n) is 8.33. The SMILES string of the molecule is COc1cc(C)c(C[NH+]2CC[NH+](CC(=O)N(C)Cc3ccccc3F)CC2)cc1OC. The predicted octanol–water partition coefficient (Wildman–Crippen LogP) is 0.0933. The molecule has 2 N–H and O–H groups in total. The van der Waals surface area contributed by atoms with Crippen molar-refractivity contribution in [3.05, 3.63) is 58.9 Å². The molecular weight excluding hydrogens is 397 g/mol. The molecule has 7 heteroatoms. The van der Waals surface area contributed by atoms with E-state index in [1.165, 1.54) is 27.0 Å². The molecule has 0 unspecified atom stereocenters. The van der Waals surface area contributed by atoms with Crippen LogP contribution in [0.15, 0.2) is 36.4 Å². The molecule has 1 amide bonds. The van der Waals surface area contributed by atoms with Crippen molar-refractivity contribution >= 4 is 5.91 Å². The Labute approximate surface area is 184 Å². The number of carbonyl (C=O) groups is 1. The van der Waals surface area contributed by atoms with E-state index in [4.69, 9.17) is 9.47 Å². The maximum absolute atomic E-state index is 13.9. The molecule has 0 saturated carbocycles. The number of halogens is 1. The van der Waals surface area contributed by atoms with E-state index in [0.717, 1.165) is 44.2 Å². The average Bonchev–Trinajstić information content (AvgIpc) is 2.77. The van der Waals surface area contributed by atoms with Crippen molar-refractivity contribution in [3.8, 4) is 11.5 Å². The summed E-state index contributed by atoms with van der Waals surface area (Å²) >= 11 is 0. The van der Waals surface area contributed by atoms with Crippen LogP contribution in [-0.4, -0.2) is 64.8 Å². The lowest BCUT2D eigenvalue weighted by Gasteiger charge is -2.30. The molecule has 0 atom stereocenters. The Hall–Kier alpha value is -2.64. The highest BCUT2D eigenvalue weighted by Gasteiger charge is 2.27. The van der Waals surface area contributed by atoms with Crippen LogP contribution in [0.5, 0.6) is 11.5 Å². The fraction of sp³-hybridized carbons (Fsp3) is 0.458. The summed E-state index contributed by atoms with van der Waals surface area (Å²) in [6.07, 6.45) is 0. The Morgan fingerprint density at radius 1 is 1.00 bits per heavy atom. The summed E-state index contributed by atoms with van der Waals surface area (Å²) in [6, 6.07) is 10.7. The second kappa shape index (κ2) is 10.6. The summed E-state index contributed by atoms with van der Waals surface area (Å²) in [5.41, 5.74) is 3.01. The molecule has 0 radical (unpaired) electrons. The molecule has 0 aromatic heterocycles. The fourth-order valence-electron chi connectivity index (χ4n) is 4.11. The van der Waals surface area contributed by atoms with Gasteiger partial charge in [-0.05, 0) is 30.7 Å². The number of hydrogen-bond acceptors (Lipinski definition) is 3. The average molecular weight is 432 g/mol. The number of piperazine rings is 1. The van der Waals surface area contributed by atoms with Gasteiger partial charge in [0.25, 0.3) is 5.91 Å². The van der Waals surface area contributed by atoms with Gasteiger partial charge in [-0.1, -0.05) is 18.2 Å². The second-order valence-corrected chi connectivity index (χ2v) is 8.33. The van der Waals surface area contributed by atoms with Gasteiger partial charge in [0.1, 0.15) is 38.5 Å². The topological polar surface area (TPSA) is 47.7 Å². The maximum Gasteiger partial charge on any atom is 0.277 e. The van der Waals surface area contributed by atoms with Crippen LogP contribution in [0.2, 0.25) is 0 Å². The molecule has 1 aliphatic rings. The third kappa shape index (κ3) is 5.95. The summed E-state index contributed by atoms with van der Waals surface area (Å²) in [5, 5.41) is 0. The van der Waals surface area contributed by atoms with E-state index in [1.807, 2.05) is 6.07 Å². The lowest BCUT2D eigenvalue weighted by molar-refractivity contribution is -1.02. The highest BCUT2D eigenvalue weighted by molar-refractivity contribution is 5.76. The number of methoxy groups -OCH3 is 2. The molecule has 0 bridgehead atoms. The first-order valence-electron chi connectivity index (χ1n) is 10.8. The van der Waals surface area contributed by atoms with Crippen LogP contribution in [0.25, 0.3) is 0 Å². The Kier molecular flexibility index (Phi) is 7.87. The number of rotatable bonds is 8. The van der Waals surface area contributed by atoms with Gasteiger partial charge in [0.2, 0.25) is 0 Å². The van der Waals surface area contributed by atoms with Crippen LogP contribution in [0.1, 0.15) is 16.7 Å². The van der Waals surface area contributed by atoms with Crippen LogP contribution in [0.3, 0.4) is 0 Å². The number of nitrogens with zero attached hydrogens (tertiary/aromatic N) is 1. The summed E-state index contributed by atoms with van der Waals surface area (Å²) < 4.78 is 24.7. The van der Waals surface area contributed by atoms with Crippen molar-refractivity contribution in [3.63, 3.8) is 0 Å². The van der Waals surface area contributed by atoms with E-state index < -0.39 is 0 Å². The quantitative estimate of drug-likeness (QED) is 0.623. The van der Waals surface area contributed by atoms with Crippen molar-refractivity contribution in [1.29, 1.82) is 0 Å². The lowest BCUT2D eigenvalue weighted by Crippen LogP contribution is -3.28. The number of aryl methyl sites for hydroxylation is 1. The normalized spacial score (nSPS) is 18.5. The Balaban J connectivity index is 1.49. The van der Waals surface area contributed by atoms with Crippen molar-refractivity contribution in [1.82, 2.24) is 4.90 Å². The molecule has 0 aliphatic carbocycles. The van der Waals surface area contributed by atoms with E-state index in [0.29, 0.717) is 18.7 Å². The third-order valence-corrected chi connectivity index (χ3v) is 6.14. The van der Waals surface area contributed by atoms with Gasteiger partial charge in [0.05, 0.1) is 14.2 Å². The Morgan fingerprint density at radius 3 is 2.26 bits per heavy atom. The third-order valence-electron chi connectivity index (χ3n) is 6.14. The van der Waals surface area contributed by atoms with Crippen molar-refractivity contribution in [2.24, 2.45) is 0 Å². The predicted molar refractivity (Wildman–Crippen MR) is 117 cm³/mol. The molecule has 6 nitrogen and oxygen atoms in total. The van der Waals surface area contributed by atoms with Gasteiger partial charge in [0, 0.05) is 24.7 Å². The summed E-state index contributed by atoms with van der Waals surface area (Å²) in [5.74, 6) is 1.30. The number of quaternary nitrogens is 2. The number of benzene rings is 2. The largest absolute Gasteiger partial charge is 0.493 e. The molecule has 1 saturated heterocycles. The van der Waals surface area contributed by atoms with Crippen molar-refractivity contribution < 1.29 is 28.5 Å². The van der Waals surface area contributed by atoms with Crippen LogP contribution < -0.4 is 19.3 Å². The highest BCUT2D eigenvalue weighted by Crippen LogP contribution is 2.29. The van der Waals surface area contributed by atoms with Gasteiger partial charge < -0.3 is 24.2 Å². The van der Waals surface area contributed by atoms with Crippen LogP contribution in [0, 0.1) is 12.7 Å². The minimum atomic E-state index is -0.267. The minimum absolute atomic E-state index is 0.0532.